The largest absolute Gasteiger partial charge is 0.465 e. The molecule has 1 aromatic heterocycles. The van der Waals surface area contributed by atoms with Gasteiger partial charge in [0, 0.05) is 25.2 Å². The second-order valence-corrected chi connectivity index (χ2v) is 5.88. The van der Waals surface area contributed by atoms with E-state index in [0.29, 0.717) is 0 Å². The molecule has 0 fully saturated rings. The number of rotatable bonds is 6. The number of nitrogens with one attached hydrogen (secondary N) is 1. The highest BCUT2D eigenvalue weighted by Gasteiger charge is 2.20. The van der Waals surface area contributed by atoms with E-state index in [4.69, 9.17) is 4.42 Å². The molecular formula is C18H24N2O. The predicted molar refractivity (Wildman–Crippen MR) is 84.8 cm³/mol. The fourth-order valence-corrected chi connectivity index (χ4v) is 2.98. The molecule has 0 atom stereocenters. The van der Waals surface area contributed by atoms with Crippen LogP contribution in [0.4, 0.5) is 0 Å². The van der Waals surface area contributed by atoms with Crippen LogP contribution >= 0.6 is 0 Å². The summed E-state index contributed by atoms with van der Waals surface area (Å²) < 4.78 is 5.86. The zero-order chi connectivity index (χ0) is 14.7. The quantitative estimate of drug-likeness (QED) is 0.822. The van der Waals surface area contributed by atoms with E-state index in [1.54, 1.807) is 0 Å². The van der Waals surface area contributed by atoms with E-state index in [2.05, 4.69) is 54.4 Å². The molecule has 112 valence electrons. The first-order valence-electron chi connectivity index (χ1n) is 7.84. The number of nitrogens with zero attached hydrogens (tertiary/aromatic N) is 1. The van der Waals surface area contributed by atoms with Crippen molar-refractivity contribution < 1.29 is 4.42 Å². The molecule has 0 amide bonds. The zero-order valence-electron chi connectivity index (χ0n) is 13.0. The lowest BCUT2D eigenvalue weighted by atomic mass is 10.1. The van der Waals surface area contributed by atoms with Gasteiger partial charge in [0.05, 0.1) is 6.54 Å². The molecule has 1 N–H and O–H groups in total. The SMILES string of the molecule is CCCNCc1cc(CN2Cc3ccccc3C2)c(C)o1. The molecule has 0 saturated heterocycles. The highest BCUT2D eigenvalue weighted by molar-refractivity contribution is 5.31. The Bertz CT molecular complexity index is 578. The monoisotopic (exact) mass is 284 g/mol. The Morgan fingerprint density at radius 1 is 1.19 bits per heavy atom. The lowest BCUT2D eigenvalue weighted by molar-refractivity contribution is 0.273. The van der Waals surface area contributed by atoms with Crippen molar-refractivity contribution in [1.82, 2.24) is 10.2 Å². The van der Waals surface area contributed by atoms with Gasteiger partial charge in [-0.3, -0.25) is 4.90 Å². The third-order valence-corrected chi connectivity index (χ3v) is 4.10. The second kappa shape index (κ2) is 6.46. The molecule has 3 nitrogen and oxygen atoms in total. The zero-order valence-corrected chi connectivity index (χ0v) is 13.0. The molecule has 1 aliphatic rings. The van der Waals surface area contributed by atoms with E-state index in [1.807, 2.05) is 0 Å². The summed E-state index contributed by atoms with van der Waals surface area (Å²) in [5.41, 5.74) is 4.24. The molecule has 0 radical (unpaired) electrons. The summed E-state index contributed by atoms with van der Waals surface area (Å²) in [5.74, 6) is 2.10. The maximum Gasteiger partial charge on any atom is 0.118 e. The van der Waals surface area contributed by atoms with Crippen molar-refractivity contribution in [2.24, 2.45) is 0 Å². The number of benzene rings is 1. The fraction of sp³-hybridized carbons (Fsp3) is 0.444. The van der Waals surface area contributed by atoms with Crippen LogP contribution in [0.5, 0.6) is 0 Å². The van der Waals surface area contributed by atoms with Crippen LogP contribution in [0.3, 0.4) is 0 Å². The van der Waals surface area contributed by atoms with E-state index in [1.165, 1.54) is 16.7 Å². The van der Waals surface area contributed by atoms with Gasteiger partial charge in [-0.25, -0.2) is 0 Å². The molecule has 2 heterocycles. The standard InChI is InChI=1S/C18H24N2O/c1-3-8-19-10-18-9-17(14(2)21-18)13-20-11-15-6-4-5-7-16(15)12-20/h4-7,9,19H,3,8,10-13H2,1-2H3. The van der Waals surface area contributed by atoms with Crippen molar-refractivity contribution >= 4 is 0 Å². The third-order valence-electron chi connectivity index (χ3n) is 4.10. The van der Waals surface area contributed by atoms with Gasteiger partial charge in [0.15, 0.2) is 0 Å². The minimum absolute atomic E-state index is 0.828. The molecule has 0 unspecified atom stereocenters. The van der Waals surface area contributed by atoms with Crippen LogP contribution in [0, 0.1) is 6.92 Å². The summed E-state index contributed by atoms with van der Waals surface area (Å²) in [6.07, 6.45) is 1.15. The van der Waals surface area contributed by atoms with Crippen LogP contribution in [0.2, 0.25) is 0 Å². The van der Waals surface area contributed by atoms with Gasteiger partial charge in [-0.05, 0) is 37.1 Å². The molecule has 3 heteroatoms. The Morgan fingerprint density at radius 2 is 1.90 bits per heavy atom. The maximum atomic E-state index is 5.86. The van der Waals surface area contributed by atoms with E-state index >= 15 is 0 Å². The highest BCUT2D eigenvalue weighted by atomic mass is 16.3. The second-order valence-electron chi connectivity index (χ2n) is 5.88. The summed E-state index contributed by atoms with van der Waals surface area (Å²) in [6.45, 7) is 9.18. The van der Waals surface area contributed by atoms with Crippen molar-refractivity contribution in [3.05, 3.63) is 58.5 Å². The molecule has 2 aromatic rings. The third kappa shape index (κ3) is 3.36. The Balaban J connectivity index is 1.61. The van der Waals surface area contributed by atoms with Gasteiger partial charge in [0.1, 0.15) is 11.5 Å². The van der Waals surface area contributed by atoms with Crippen molar-refractivity contribution in [1.29, 1.82) is 0 Å². The lowest BCUT2D eigenvalue weighted by Gasteiger charge is -2.13. The average Bonchev–Trinajstić information content (AvgIpc) is 3.03. The topological polar surface area (TPSA) is 28.4 Å². The van der Waals surface area contributed by atoms with Crippen molar-refractivity contribution in [3.8, 4) is 0 Å². The van der Waals surface area contributed by atoms with Crippen LogP contribution in [0.25, 0.3) is 0 Å². The first kappa shape index (κ1) is 14.4. The van der Waals surface area contributed by atoms with Crippen LogP contribution in [0.15, 0.2) is 34.7 Å². The lowest BCUT2D eigenvalue weighted by Crippen LogP contribution is -2.15. The smallest absolute Gasteiger partial charge is 0.118 e. The summed E-state index contributed by atoms with van der Waals surface area (Å²) in [5, 5.41) is 3.39. The minimum atomic E-state index is 0.828. The summed E-state index contributed by atoms with van der Waals surface area (Å²) in [6, 6.07) is 10.9. The van der Waals surface area contributed by atoms with Crippen LogP contribution in [-0.4, -0.2) is 11.4 Å². The molecular weight excluding hydrogens is 260 g/mol. The first-order valence-corrected chi connectivity index (χ1v) is 7.84. The molecule has 0 spiro atoms. The normalized spacial score (nSPS) is 14.6. The number of hydrogen-bond donors (Lipinski definition) is 1. The van der Waals surface area contributed by atoms with Crippen LogP contribution in [0.1, 0.15) is 41.6 Å². The van der Waals surface area contributed by atoms with E-state index < -0.39 is 0 Å². The Hall–Kier alpha value is -1.58. The van der Waals surface area contributed by atoms with Gasteiger partial charge in [-0.1, -0.05) is 31.2 Å². The van der Waals surface area contributed by atoms with E-state index in [-0.39, 0.29) is 0 Å². The number of furan rings is 1. The van der Waals surface area contributed by atoms with Gasteiger partial charge in [0.25, 0.3) is 0 Å². The first-order chi connectivity index (χ1) is 10.3. The van der Waals surface area contributed by atoms with Gasteiger partial charge in [0.2, 0.25) is 0 Å². The van der Waals surface area contributed by atoms with Crippen molar-refractivity contribution in [2.45, 2.75) is 46.4 Å². The van der Waals surface area contributed by atoms with Gasteiger partial charge in [-0.15, -0.1) is 0 Å². The number of fused-ring (bicyclic) bond motifs is 1. The summed E-state index contributed by atoms with van der Waals surface area (Å²) in [7, 11) is 0. The number of aryl methyl sites for hydroxylation is 1. The van der Waals surface area contributed by atoms with Gasteiger partial charge in [-0.2, -0.15) is 0 Å². The maximum absolute atomic E-state index is 5.86. The Morgan fingerprint density at radius 3 is 2.57 bits per heavy atom. The predicted octanol–water partition coefficient (Wildman–Crippen LogP) is 3.60. The molecule has 1 aliphatic heterocycles. The van der Waals surface area contributed by atoms with Crippen LogP contribution in [-0.2, 0) is 26.2 Å². The molecule has 0 saturated carbocycles. The fourth-order valence-electron chi connectivity index (χ4n) is 2.98. The summed E-state index contributed by atoms with van der Waals surface area (Å²) in [4.78, 5) is 2.48. The van der Waals surface area contributed by atoms with Gasteiger partial charge < -0.3 is 9.73 Å². The van der Waals surface area contributed by atoms with Crippen LogP contribution < -0.4 is 5.32 Å². The van der Waals surface area contributed by atoms with Crippen molar-refractivity contribution in [3.63, 3.8) is 0 Å². The minimum Gasteiger partial charge on any atom is -0.465 e. The molecule has 0 aliphatic carbocycles. The van der Waals surface area contributed by atoms with Crippen molar-refractivity contribution in [2.75, 3.05) is 6.54 Å². The molecule has 3 rings (SSSR count). The molecule has 1 aromatic carbocycles. The molecule has 0 bridgehead atoms. The Kier molecular flexibility index (Phi) is 4.42. The van der Waals surface area contributed by atoms with E-state index in [0.717, 1.165) is 50.7 Å². The molecule has 21 heavy (non-hydrogen) atoms. The highest BCUT2D eigenvalue weighted by Crippen LogP contribution is 2.25. The van der Waals surface area contributed by atoms with E-state index in [9.17, 15) is 0 Å². The number of hydrogen-bond acceptors (Lipinski definition) is 3. The van der Waals surface area contributed by atoms with Gasteiger partial charge >= 0.3 is 0 Å². The summed E-state index contributed by atoms with van der Waals surface area (Å²) >= 11 is 0. The Labute approximate surface area is 127 Å². The average molecular weight is 284 g/mol.